The van der Waals surface area contributed by atoms with E-state index < -0.39 is 5.41 Å². The van der Waals surface area contributed by atoms with Crippen molar-refractivity contribution in [2.24, 2.45) is 11.3 Å². The number of anilines is 2. The minimum absolute atomic E-state index is 0.0357. The summed E-state index contributed by atoms with van der Waals surface area (Å²) in [5.41, 5.74) is 1.63. The van der Waals surface area contributed by atoms with E-state index >= 15 is 0 Å². The molecule has 0 spiro atoms. The van der Waals surface area contributed by atoms with Crippen LogP contribution in [-0.4, -0.2) is 32.1 Å². The highest BCUT2D eigenvalue weighted by Gasteiger charge is 2.37. The largest absolute Gasteiger partial charge is 0.497 e. The van der Waals surface area contributed by atoms with Crippen LogP contribution in [0.25, 0.3) is 0 Å². The lowest BCUT2D eigenvalue weighted by atomic mass is 9.92. The van der Waals surface area contributed by atoms with Gasteiger partial charge in [-0.25, -0.2) is 0 Å². The van der Waals surface area contributed by atoms with Gasteiger partial charge in [0.05, 0.1) is 24.6 Å². The highest BCUT2D eigenvalue weighted by molar-refractivity contribution is 6.00. The standard InChI is InChI=1S/C25H32N2O4/c1-17(2)12-13-27-21-15-19(8-11-22(21)31-16-25(3,4)24(27)29)26-23(28)14-18-6-9-20(30-5)10-7-18/h6-11,15,17H,12-14,16H2,1-5H3,(H,26,28). The van der Waals surface area contributed by atoms with Crippen LogP contribution in [0.2, 0.25) is 0 Å². The molecule has 2 aromatic carbocycles. The van der Waals surface area contributed by atoms with Crippen LogP contribution >= 0.6 is 0 Å². The summed E-state index contributed by atoms with van der Waals surface area (Å²) >= 11 is 0. The molecule has 31 heavy (non-hydrogen) atoms. The number of benzene rings is 2. The molecule has 6 nitrogen and oxygen atoms in total. The van der Waals surface area contributed by atoms with Crippen LogP contribution in [0.4, 0.5) is 11.4 Å². The third-order valence-corrected chi connectivity index (χ3v) is 5.40. The van der Waals surface area contributed by atoms with Gasteiger partial charge in [-0.05, 0) is 62.1 Å². The van der Waals surface area contributed by atoms with Crippen molar-refractivity contribution >= 4 is 23.2 Å². The number of carbonyl (C=O) groups is 2. The fraction of sp³-hybridized carbons (Fsp3) is 0.440. The zero-order chi connectivity index (χ0) is 22.6. The number of carbonyl (C=O) groups excluding carboxylic acids is 2. The summed E-state index contributed by atoms with van der Waals surface area (Å²) in [5, 5.41) is 2.95. The number of methoxy groups -OCH3 is 1. The summed E-state index contributed by atoms with van der Waals surface area (Å²) in [5.74, 6) is 1.80. The van der Waals surface area contributed by atoms with E-state index in [4.69, 9.17) is 9.47 Å². The molecule has 6 heteroatoms. The normalized spacial score (nSPS) is 15.2. The molecular formula is C25H32N2O4. The van der Waals surface area contributed by atoms with Crippen LogP contribution in [0.3, 0.4) is 0 Å². The summed E-state index contributed by atoms with van der Waals surface area (Å²) in [4.78, 5) is 27.6. The summed E-state index contributed by atoms with van der Waals surface area (Å²) in [6.07, 6.45) is 1.13. The van der Waals surface area contributed by atoms with E-state index in [2.05, 4.69) is 19.2 Å². The predicted molar refractivity (Wildman–Crippen MR) is 123 cm³/mol. The Kier molecular flexibility index (Phi) is 6.88. The Morgan fingerprint density at radius 2 is 1.90 bits per heavy atom. The average Bonchev–Trinajstić information content (AvgIpc) is 2.81. The number of fused-ring (bicyclic) bond motifs is 1. The van der Waals surface area contributed by atoms with E-state index in [-0.39, 0.29) is 18.2 Å². The highest BCUT2D eigenvalue weighted by atomic mass is 16.5. The first-order valence-corrected chi connectivity index (χ1v) is 10.7. The van der Waals surface area contributed by atoms with E-state index in [9.17, 15) is 9.59 Å². The number of nitrogens with zero attached hydrogens (tertiary/aromatic N) is 1. The Bertz CT molecular complexity index is 935. The maximum atomic E-state index is 13.2. The quantitative estimate of drug-likeness (QED) is 0.701. The van der Waals surface area contributed by atoms with Crippen molar-refractivity contribution in [3.63, 3.8) is 0 Å². The van der Waals surface area contributed by atoms with Gasteiger partial charge in [-0.1, -0.05) is 26.0 Å². The molecule has 1 aliphatic rings. The maximum Gasteiger partial charge on any atom is 0.236 e. The fourth-order valence-corrected chi connectivity index (χ4v) is 3.47. The average molecular weight is 425 g/mol. The summed E-state index contributed by atoms with van der Waals surface area (Å²) < 4.78 is 11.1. The highest BCUT2D eigenvalue weighted by Crippen LogP contribution is 2.38. The lowest BCUT2D eigenvalue weighted by molar-refractivity contribution is -0.127. The molecule has 166 valence electrons. The van der Waals surface area contributed by atoms with Crippen LogP contribution in [0, 0.1) is 11.3 Å². The molecule has 0 saturated carbocycles. The Labute approximate surface area is 184 Å². The van der Waals surface area contributed by atoms with Gasteiger partial charge >= 0.3 is 0 Å². The first-order chi connectivity index (χ1) is 14.7. The third-order valence-electron chi connectivity index (χ3n) is 5.40. The Balaban J connectivity index is 1.80. The third kappa shape index (κ3) is 5.57. The molecular weight excluding hydrogens is 392 g/mol. The second-order valence-electron chi connectivity index (χ2n) is 9.07. The van der Waals surface area contributed by atoms with E-state index in [1.165, 1.54) is 0 Å². The van der Waals surface area contributed by atoms with Crippen LogP contribution in [0.1, 0.15) is 39.7 Å². The molecule has 0 aromatic heterocycles. The number of rotatable bonds is 7. The van der Waals surface area contributed by atoms with Crippen molar-refractivity contribution in [2.75, 3.05) is 30.5 Å². The minimum Gasteiger partial charge on any atom is -0.497 e. The van der Waals surface area contributed by atoms with Gasteiger partial charge in [0.2, 0.25) is 11.8 Å². The molecule has 0 aliphatic carbocycles. The predicted octanol–water partition coefficient (Wildman–Crippen LogP) is 4.67. The first kappa shape index (κ1) is 22.7. The lowest BCUT2D eigenvalue weighted by Gasteiger charge is -2.28. The smallest absolute Gasteiger partial charge is 0.236 e. The SMILES string of the molecule is COc1ccc(CC(=O)Nc2ccc3c(c2)N(CCC(C)C)C(=O)C(C)(C)CO3)cc1. The second kappa shape index (κ2) is 9.41. The Morgan fingerprint density at radius 1 is 1.19 bits per heavy atom. The molecule has 0 bridgehead atoms. The van der Waals surface area contributed by atoms with E-state index in [0.29, 0.717) is 36.2 Å². The molecule has 0 fully saturated rings. The molecule has 1 aliphatic heterocycles. The molecule has 2 amide bonds. The van der Waals surface area contributed by atoms with E-state index in [1.807, 2.05) is 61.2 Å². The minimum atomic E-state index is -0.617. The van der Waals surface area contributed by atoms with Gasteiger partial charge in [0.1, 0.15) is 18.1 Å². The molecule has 0 saturated heterocycles. The Morgan fingerprint density at radius 3 is 2.55 bits per heavy atom. The molecule has 3 rings (SSSR count). The van der Waals surface area contributed by atoms with E-state index in [1.54, 1.807) is 7.11 Å². The fourth-order valence-electron chi connectivity index (χ4n) is 3.47. The van der Waals surface area contributed by atoms with Crippen molar-refractivity contribution in [1.82, 2.24) is 0 Å². The van der Waals surface area contributed by atoms with Crippen molar-refractivity contribution in [1.29, 1.82) is 0 Å². The zero-order valence-electron chi connectivity index (χ0n) is 19.0. The van der Waals surface area contributed by atoms with Crippen molar-refractivity contribution in [3.8, 4) is 11.5 Å². The summed E-state index contributed by atoms with van der Waals surface area (Å²) in [6.45, 7) is 9.02. The maximum absolute atomic E-state index is 13.2. The van der Waals surface area contributed by atoms with Gasteiger partial charge in [0, 0.05) is 12.2 Å². The molecule has 2 aromatic rings. The molecule has 0 unspecified atom stereocenters. The van der Waals surface area contributed by atoms with Crippen LogP contribution in [-0.2, 0) is 16.0 Å². The topological polar surface area (TPSA) is 67.9 Å². The number of hydrogen-bond donors (Lipinski definition) is 1. The number of ether oxygens (including phenoxy) is 2. The molecule has 1 N–H and O–H groups in total. The molecule has 0 radical (unpaired) electrons. The van der Waals surface area contributed by atoms with Crippen molar-refractivity contribution in [2.45, 2.75) is 40.5 Å². The number of hydrogen-bond acceptors (Lipinski definition) is 4. The second-order valence-corrected chi connectivity index (χ2v) is 9.07. The van der Waals surface area contributed by atoms with Gasteiger partial charge in [-0.2, -0.15) is 0 Å². The van der Waals surface area contributed by atoms with Crippen molar-refractivity contribution < 1.29 is 19.1 Å². The summed E-state index contributed by atoms with van der Waals surface area (Å²) in [7, 11) is 1.61. The van der Waals surface area contributed by atoms with Crippen molar-refractivity contribution in [3.05, 3.63) is 48.0 Å². The van der Waals surface area contributed by atoms with Crippen LogP contribution < -0.4 is 19.7 Å². The van der Waals surface area contributed by atoms with Gasteiger partial charge in [0.25, 0.3) is 0 Å². The van der Waals surface area contributed by atoms with Crippen LogP contribution in [0.15, 0.2) is 42.5 Å². The number of amides is 2. The first-order valence-electron chi connectivity index (χ1n) is 10.7. The monoisotopic (exact) mass is 424 g/mol. The molecule has 1 heterocycles. The van der Waals surface area contributed by atoms with Gasteiger partial charge in [-0.3, -0.25) is 9.59 Å². The van der Waals surface area contributed by atoms with E-state index in [0.717, 1.165) is 17.7 Å². The summed E-state index contributed by atoms with van der Waals surface area (Å²) in [6, 6.07) is 12.9. The van der Waals surface area contributed by atoms with Gasteiger partial charge in [-0.15, -0.1) is 0 Å². The van der Waals surface area contributed by atoms with Gasteiger partial charge < -0.3 is 19.7 Å². The Hall–Kier alpha value is -3.02. The molecule has 0 atom stereocenters. The number of nitrogens with one attached hydrogen (secondary N) is 1. The lowest BCUT2D eigenvalue weighted by Crippen LogP contribution is -2.42. The zero-order valence-corrected chi connectivity index (χ0v) is 19.0. The van der Waals surface area contributed by atoms with Crippen LogP contribution in [0.5, 0.6) is 11.5 Å². The van der Waals surface area contributed by atoms with Gasteiger partial charge in [0.15, 0.2) is 0 Å².